The Morgan fingerprint density at radius 3 is 2.11 bits per heavy atom. The molecule has 2 N–H and O–H groups in total. The van der Waals surface area contributed by atoms with Crippen molar-refractivity contribution in [3.05, 3.63) is 54.6 Å². The van der Waals surface area contributed by atoms with E-state index in [2.05, 4.69) is 0 Å². The van der Waals surface area contributed by atoms with Gasteiger partial charge in [0.2, 0.25) is 0 Å². The molecule has 0 heterocycles. The maximum Gasteiger partial charge on any atom is 0.266 e. The molecule has 0 amide bonds. The lowest BCUT2D eigenvalue weighted by Crippen LogP contribution is -2.27. The second-order valence-corrected chi connectivity index (χ2v) is 5.78. The van der Waals surface area contributed by atoms with Crippen LogP contribution in [0.5, 0.6) is 0 Å². The first-order chi connectivity index (χ1) is 8.53. The first-order valence-electron chi connectivity index (χ1n) is 5.42. The normalized spacial score (nSPS) is 11.2. The third-order valence-corrected chi connectivity index (χ3v) is 4.54. The highest BCUT2D eigenvalue weighted by Gasteiger charge is 2.22. The Morgan fingerprint density at radius 2 is 1.50 bits per heavy atom. The average molecular weight is 262 g/mol. The molecule has 5 heteroatoms. The predicted octanol–water partition coefficient (Wildman–Crippen LogP) is 2.09. The van der Waals surface area contributed by atoms with Crippen molar-refractivity contribution < 1.29 is 8.42 Å². The van der Waals surface area contributed by atoms with Crippen LogP contribution in [-0.2, 0) is 10.0 Å². The minimum Gasteiger partial charge on any atom is -0.398 e. The molecule has 2 aromatic rings. The van der Waals surface area contributed by atoms with Gasteiger partial charge in [-0.15, -0.1) is 0 Å². The maximum atomic E-state index is 12.4. The molecule has 2 rings (SSSR count). The lowest BCUT2D eigenvalue weighted by Gasteiger charge is -2.20. The van der Waals surface area contributed by atoms with E-state index >= 15 is 0 Å². The third-order valence-electron chi connectivity index (χ3n) is 2.68. The summed E-state index contributed by atoms with van der Waals surface area (Å²) in [5, 5.41) is 0. The second kappa shape index (κ2) is 4.70. The van der Waals surface area contributed by atoms with E-state index < -0.39 is 10.0 Å². The smallest absolute Gasteiger partial charge is 0.266 e. The summed E-state index contributed by atoms with van der Waals surface area (Å²) in [5.41, 5.74) is 6.56. The van der Waals surface area contributed by atoms with E-state index in [9.17, 15) is 8.42 Å². The van der Waals surface area contributed by atoms with E-state index in [1.54, 1.807) is 42.5 Å². The molecule has 0 aromatic heterocycles. The number of nitrogens with two attached hydrogens (primary N) is 1. The largest absolute Gasteiger partial charge is 0.398 e. The van der Waals surface area contributed by atoms with Gasteiger partial charge in [0.05, 0.1) is 11.4 Å². The van der Waals surface area contributed by atoms with Crippen molar-refractivity contribution in [3.63, 3.8) is 0 Å². The van der Waals surface area contributed by atoms with Crippen molar-refractivity contribution in [2.45, 2.75) is 4.90 Å². The van der Waals surface area contributed by atoms with Gasteiger partial charge in [-0.2, -0.15) is 0 Å². The zero-order valence-electron chi connectivity index (χ0n) is 9.95. The van der Waals surface area contributed by atoms with Gasteiger partial charge in [-0.1, -0.05) is 30.3 Å². The number of sulfonamides is 1. The Labute approximate surface area is 107 Å². The van der Waals surface area contributed by atoms with Gasteiger partial charge in [0.1, 0.15) is 4.90 Å². The first-order valence-corrected chi connectivity index (χ1v) is 6.86. The molecule has 4 nitrogen and oxygen atoms in total. The Balaban J connectivity index is 2.48. The summed E-state index contributed by atoms with van der Waals surface area (Å²) in [6.07, 6.45) is 0. The lowest BCUT2D eigenvalue weighted by atomic mass is 10.3. The number of para-hydroxylation sites is 2. The quantitative estimate of drug-likeness (QED) is 0.861. The first kappa shape index (κ1) is 12.4. The number of anilines is 2. The molecular weight excluding hydrogens is 248 g/mol. The molecule has 0 unspecified atom stereocenters. The number of nitrogen functional groups attached to an aromatic ring is 1. The highest BCUT2D eigenvalue weighted by molar-refractivity contribution is 7.93. The van der Waals surface area contributed by atoms with Gasteiger partial charge in [0, 0.05) is 7.05 Å². The fourth-order valence-corrected chi connectivity index (χ4v) is 2.95. The monoisotopic (exact) mass is 262 g/mol. The fraction of sp³-hybridized carbons (Fsp3) is 0.0769. The Kier molecular flexibility index (Phi) is 3.25. The summed E-state index contributed by atoms with van der Waals surface area (Å²) in [5.74, 6) is 0. The molecule has 2 aromatic carbocycles. The van der Waals surface area contributed by atoms with Gasteiger partial charge in [0.25, 0.3) is 10.0 Å². The molecule has 0 fully saturated rings. The van der Waals surface area contributed by atoms with Gasteiger partial charge in [-0.3, -0.25) is 4.31 Å². The molecule has 0 aliphatic rings. The van der Waals surface area contributed by atoms with Crippen molar-refractivity contribution in [2.24, 2.45) is 0 Å². The number of benzene rings is 2. The number of rotatable bonds is 3. The van der Waals surface area contributed by atoms with Crippen molar-refractivity contribution in [1.82, 2.24) is 0 Å². The summed E-state index contributed by atoms with van der Waals surface area (Å²) in [6.45, 7) is 0. The molecule has 0 aliphatic heterocycles. The maximum absolute atomic E-state index is 12.4. The van der Waals surface area contributed by atoms with Crippen LogP contribution < -0.4 is 10.0 Å². The molecule has 0 radical (unpaired) electrons. The fourth-order valence-electron chi connectivity index (χ4n) is 1.64. The van der Waals surface area contributed by atoms with Crippen molar-refractivity contribution in [2.75, 3.05) is 17.1 Å². The highest BCUT2D eigenvalue weighted by Crippen LogP contribution is 2.25. The van der Waals surface area contributed by atoms with Crippen LogP contribution in [0, 0.1) is 0 Å². The summed E-state index contributed by atoms with van der Waals surface area (Å²) < 4.78 is 26.0. The van der Waals surface area contributed by atoms with Gasteiger partial charge in [-0.25, -0.2) is 8.42 Å². The molecular formula is C13H14N2O2S. The topological polar surface area (TPSA) is 63.4 Å². The van der Waals surface area contributed by atoms with Gasteiger partial charge >= 0.3 is 0 Å². The number of hydrogen-bond donors (Lipinski definition) is 1. The molecule has 0 saturated carbocycles. The van der Waals surface area contributed by atoms with E-state index in [1.165, 1.54) is 17.4 Å². The zero-order chi connectivity index (χ0) is 13.2. The number of hydrogen-bond acceptors (Lipinski definition) is 3. The van der Waals surface area contributed by atoms with E-state index in [0.29, 0.717) is 5.69 Å². The van der Waals surface area contributed by atoms with Crippen LogP contribution in [0.3, 0.4) is 0 Å². The van der Waals surface area contributed by atoms with Crippen LogP contribution in [0.2, 0.25) is 0 Å². The zero-order valence-corrected chi connectivity index (χ0v) is 10.8. The van der Waals surface area contributed by atoms with Crippen LogP contribution in [0.25, 0.3) is 0 Å². The lowest BCUT2D eigenvalue weighted by molar-refractivity contribution is 0.595. The number of nitrogens with zero attached hydrogens (tertiary/aromatic N) is 1. The minimum absolute atomic E-state index is 0.122. The molecule has 18 heavy (non-hydrogen) atoms. The Bertz CT molecular complexity index is 639. The summed E-state index contributed by atoms with van der Waals surface area (Å²) in [6, 6.07) is 15.3. The van der Waals surface area contributed by atoms with Crippen LogP contribution in [-0.4, -0.2) is 15.5 Å². The minimum atomic E-state index is -3.61. The Morgan fingerprint density at radius 1 is 0.944 bits per heavy atom. The van der Waals surface area contributed by atoms with Crippen LogP contribution in [0.15, 0.2) is 59.5 Å². The molecule has 0 saturated heterocycles. The van der Waals surface area contributed by atoms with Crippen molar-refractivity contribution in [1.29, 1.82) is 0 Å². The third kappa shape index (κ3) is 2.17. The molecule has 0 aliphatic carbocycles. The van der Waals surface area contributed by atoms with E-state index in [-0.39, 0.29) is 10.6 Å². The summed E-state index contributed by atoms with van der Waals surface area (Å²) >= 11 is 0. The van der Waals surface area contributed by atoms with Gasteiger partial charge in [0.15, 0.2) is 0 Å². The molecule has 0 spiro atoms. The molecule has 0 bridgehead atoms. The molecule has 94 valence electrons. The van der Waals surface area contributed by atoms with Crippen LogP contribution in [0.1, 0.15) is 0 Å². The summed E-state index contributed by atoms with van der Waals surface area (Å²) in [4.78, 5) is 0.122. The second-order valence-electron chi connectivity index (χ2n) is 3.85. The van der Waals surface area contributed by atoms with E-state index in [1.807, 2.05) is 6.07 Å². The standard InChI is InChI=1S/C13H14N2O2S/c1-15(11-7-3-2-4-8-11)18(16,17)13-10-6-5-9-12(13)14/h2-10H,14H2,1H3. The van der Waals surface area contributed by atoms with Crippen molar-refractivity contribution in [3.8, 4) is 0 Å². The van der Waals surface area contributed by atoms with E-state index in [0.717, 1.165) is 0 Å². The summed E-state index contributed by atoms with van der Waals surface area (Å²) in [7, 11) is -2.10. The van der Waals surface area contributed by atoms with E-state index in [4.69, 9.17) is 5.73 Å². The Hall–Kier alpha value is -2.01. The molecule has 0 atom stereocenters. The van der Waals surface area contributed by atoms with Gasteiger partial charge < -0.3 is 5.73 Å². The SMILES string of the molecule is CN(c1ccccc1)S(=O)(=O)c1ccccc1N. The average Bonchev–Trinajstić information content (AvgIpc) is 2.39. The van der Waals surface area contributed by atoms with Crippen molar-refractivity contribution >= 4 is 21.4 Å². The van der Waals surface area contributed by atoms with Crippen LogP contribution in [0.4, 0.5) is 11.4 Å². The van der Waals surface area contributed by atoms with Gasteiger partial charge in [-0.05, 0) is 24.3 Å². The predicted molar refractivity (Wildman–Crippen MR) is 72.9 cm³/mol. The van der Waals surface area contributed by atoms with Crippen LogP contribution >= 0.6 is 0 Å². The highest BCUT2D eigenvalue weighted by atomic mass is 32.2.